The molecule has 2 aromatic heterocycles. The Morgan fingerprint density at radius 2 is 1.86 bits per heavy atom. The maximum Gasteiger partial charge on any atom is 0.332 e. The number of nitrogens with zero attached hydrogens (tertiary/aromatic N) is 4. The van der Waals surface area contributed by atoms with Gasteiger partial charge in [0.15, 0.2) is 5.58 Å². The molecule has 37 heavy (non-hydrogen) atoms. The number of rotatable bonds is 11. The van der Waals surface area contributed by atoms with Crippen LogP contribution in [-0.4, -0.2) is 46.0 Å². The molecule has 4 rings (SSSR count). The molecule has 196 valence electrons. The molecule has 0 aliphatic carbocycles. The molecule has 0 saturated heterocycles. The third kappa shape index (κ3) is 6.98. The van der Waals surface area contributed by atoms with Gasteiger partial charge in [0, 0.05) is 48.0 Å². The minimum absolute atomic E-state index is 0.00997. The van der Waals surface area contributed by atoms with Gasteiger partial charge in [-0.25, -0.2) is 9.78 Å². The molecule has 0 N–H and O–H groups in total. The number of imidazole rings is 1. The number of aryl methyl sites for hydroxylation is 2. The minimum atomic E-state index is -0.493. The summed E-state index contributed by atoms with van der Waals surface area (Å²) in [4.78, 5) is 18.3. The number of hydrogen-bond donors (Lipinski definition) is 0. The molecule has 0 atom stereocenters. The first-order chi connectivity index (χ1) is 17.7. The van der Waals surface area contributed by atoms with Crippen molar-refractivity contribution in [3.05, 3.63) is 66.4 Å². The van der Waals surface area contributed by atoms with E-state index in [0.717, 1.165) is 65.1 Å². The summed E-state index contributed by atoms with van der Waals surface area (Å²) in [5, 5.41) is 5.16. The molecule has 0 unspecified atom stereocenters. The zero-order chi connectivity index (χ0) is 26.4. The van der Waals surface area contributed by atoms with Crippen LogP contribution in [0.1, 0.15) is 51.3 Å². The number of hydrogen-bond acceptors (Lipinski definition) is 7. The van der Waals surface area contributed by atoms with Crippen molar-refractivity contribution in [2.24, 2.45) is 0 Å². The molecule has 0 spiro atoms. The maximum absolute atomic E-state index is 11.8. The predicted molar refractivity (Wildman–Crippen MR) is 145 cm³/mol. The lowest BCUT2D eigenvalue weighted by Crippen LogP contribution is -2.26. The van der Waals surface area contributed by atoms with E-state index in [0.29, 0.717) is 6.61 Å². The molecule has 8 heteroatoms. The molecule has 0 saturated carbocycles. The van der Waals surface area contributed by atoms with Crippen molar-refractivity contribution in [2.45, 2.75) is 59.5 Å². The van der Waals surface area contributed by atoms with Gasteiger partial charge < -0.3 is 23.5 Å². The summed E-state index contributed by atoms with van der Waals surface area (Å²) in [6.45, 7) is 11.0. The Kier molecular flexibility index (Phi) is 8.28. The van der Waals surface area contributed by atoms with Gasteiger partial charge in [-0.05, 0) is 95.8 Å². The summed E-state index contributed by atoms with van der Waals surface area (Å²) in [5.74, 6) is -0.326. The fourth-order valence-corrected chi connectivity index (χ4v) is 4.27. The second kappa shape index (κ2) is 11.6. The van der Waals surface area contributed by atoms with Gasteiger partial charge in [-0.2, -0.15) is 0 Å². The van der Waals surface area contributed by atoms with Crippen LogP contribution < -0.4 is 4.90 Å². The van der Waals surface area contributed by atoms with Crippen LogP contribution in [-0.2, 0) is 14.3 Å². The van der Waals surface area contributed by atoms with Gasteiger partial charge in [0.2, 0.25) is 0 Å². The van der Waals surface area contributed by atoms with Crippen LogP contribution in [0.25, 0.3) is 16.7 Å². The monoisotopic (exact) mass is 504 g/mol. The standard InChI is InChI=1S/C29H36N4O4/c1-21-17-27-25(22(2)31-37-27)18-26(21)33(24-11-9-23(10-12-24)32-15-13-30-20-32)14-7-6-8-16-35-19-28(34)36-29(3,4)5/h9-13,15,17-18,20H,6-8,14,16,19H2,1-5H3. The van der Waals surface area contributed by atoms with Crippen molar-refractivity contribution in [1.82, 2.24) is 14.7 Å². The average molecular weight is 505 g/mol. The molecule has 0 aliphatic rings. The van der Waals surface area contributed by atoms with E-state index in [9.17, 15) is 4.79 Å². The summed E-state index contributed by atoms with van der Waals surface area (Å²) in [7, 11) is 0. The van der Waals surface area contributed by atoms with Gasteiger partial charge in [-0.1, -0.05) is 5.16 Å². The highest BCUT2D eigenvalue weighted by Crippen LogP contribution is 2.34. The summed E-state index contributed by atoms with van der Waals surface area (Å²) < 4.78 is 18.3. The van der Waals surface area contributed by atoms with Gasteiger partial charge in [-0.15, -0.1) is 0 Å². The second-order valence-corrected chi connectivity index (χ2v) is 10.2. The zero-order valence-electron chi connectivity index (χ0n) is 22.4. The van der Waals surface area contributed by atoms with E-state index in [1.807, 2.05) is 38.5 Å². The van der Waals surface area contributed by atoms with Crippen LogP contribution in [0.5, 0.6) is 0 Å². The Bertz CT molecular complexity index is 1300. The number of unbranched alkanes of at least 4 members (excludes halogenated alkanes) is 2. The van der Waals surface area contributed by atoms with Crippen LogP contribution in [0, 0.1) is 13.8 Å². The Morgan fingerprint density at radius 3 is 2.57 bits per heavy atom. The Balaban J connectivity index is 1.42. The second-order valence-electron chi connectivity index (χ2n) is 10.2. The lowest BCUT2D eigenvalue weighted by atomic mass is 10.1. The number of ether oxygens (including phenoxy) is 2. The van der Waals surface area contributed by atoms with E-state index in [4.69, 9.17) is 14.0 Å². The summed E-state index contributed by atoms with van der Waals surface area (Å²) in [5.41, 5.74) is 5.63. The Morgan fingerprint density at radius 1 is 1.08 bits per heavy atom. The molecular weight excluding hydrogens is 468 g/mol. The van der Waals surface area contributed by atoms with Crippen molar-refractivity contribution < 1.29 is 18.8 Å². The number of carbonyl (C=O) groups is 1. The summed E-state index contributed by atoms with van der Waals surface area (Å²) >= 11 is 0. The molecule has 2 aromatic carbocycles. The minimum Gasteiger partial charge on any atom is -0.458 e. The predicted octanol–water partition coefficient (Wildman–Crippen LogP) is 6.30. The van der Waals surface area contributed by atoms with Crippen molar-refractivity contribution in [3.63, 3.8) is 0 Å². The lowest BCUT2D eigenvalue weighted by Gasteiger charge is -2.27. The highest BCUT2D eigenvalue weighted by molar-refractivity contribution is 5.86. The Hall–Kier alpha value is -3.65. The maximum atomic E-state index is 11.8. The number of aromatic nitrogens is 3. The average Bonchev–Trinajstić information content (AvgIpc) is 3.50. The largest absolute Gasteiger partial charge is 0.458 e. The fraction of sp³-hybridized carbons (Fsp3) is 0.414. The first-order valence-electron chi connectivity index (χ1n) is 12.7. The van der Waals surface area contributed by atoms with Crippen LogP contribution in [0.15, 0.2) is 59.6 Å². The zero-order valence-corrected chi connectivity index (χ0v) is 22.4. The number of anilines is 2. The van der Waals surface area contributed by atoms with Crippen LogP contribution in [0.3, 0.4) is 0 Å². The van der Waals surface area contributed by atoms with Gasteiger partial charge in [0.05, 0.1) is 12.0 Å². The van der Waals surface area contributed by atoms with Crippen molar-refractivity contribution >= 4 is 28.3 Å². The molecule has 4 aromatic rings. The topological polar surface area (TPSA) is 82.6 Å². The third-order valence-electron chi connectivity index (χ3n) is 6.03. The molecule has 0 radical (unpaired) electrons. The van der Waals surface area contributed by atoms with E-state index in [2.05, 4.69) is 58.4 Å². The quantitative estimate of drug-likeness (QED) is 0.175. The van der Waals surface area contributed by atoms with Crippen molar-refractivity contribution in [2.75, 3.05) is 24.7 Å². The molecule has 0 fully saturated rings. The van der Waals surface area contributed by atoms with E-state index in [1.54, 1.807) is 12.5 Å². The molecule has 2 heterocycles. The number of esters is 1. The molecular formula is C29H36N4O4. The van der Waals surface area contributed by atoms with Gasteiger partial charge >= 0.3 is 5.97 Å². The number of carbonyl (C=O) groups excluding carboxylic acids is 1. The van der Waals surface area contributed by atoms with Gasteiger partial charge in [0.1, 0.15) is 12.2 Å². The van der Waals surface area contributed by atoms with Gasteiger partial charge in [-0.3, -0.25) is 0 Å². The van der Waals surface area contributed by atoms with Crippen LogP contribution >= 0.6 is 0 Å². The Labute approximate surface area is 218 Å². The van der Waals surface area contributed by atoms with E-state index in [1.165, 1.54) is 0 Å². The highest BCUT2D eigenvalue weighted by Gasteiger charge is 2.17. The van der Waals surface area contributed by atoms with Gasteiger partial charge in [0.25, 0.3) is 0 Å². The van der Waals surface area contributed by atoms with Crippen LogP contribution in [0.2, 0.25) is 0 Å². The van der Waals surface area contributed by atoms with Crippen molar-refractivity contribution in [1.29, 1.82) is 0 Å². The SMILES string of the molecule is Cc1cc2onc(C)c2cc1N(CCCCCOCC(=O)OC(C)(C)C)c1ccc(-n2ccnc2)cc1. The lowest BCUT2D eigenvalue weighted by molar-refractivity contribution is -0.160. The normalized spacial score (nSPS) is 11.7. The van der Waals surface area contributed by atoms with E-state index < -0.39 is 5.60 Å². The first-order valence-corrected chi connectivity index (χ1v) is 12.7. The highest BCUT2D eigenvalue weighted by atomic mass is 16.6. The van der Waals surface area contributed by atoms with Crippen molar-refractivity contribution in [3.8, 4) is 5.69 Å². The number of benzene rings is 2. The molecule has 0 amide bonds. The smallest absolute Gasteiger partial charge is 0.332 e. The molecule has 0 aliphatic heterocycles. The van der Waals surface area contributed by atoms with Crippen LogP contribution in [0.4, 0.5) is 11.4 Å². The third-order valence-corrected chi connectivity index (χ3v) is 6.03. The van der Waals surface area contributed by atoms with E-state index >= 15 is 0 Å². The number of fused-ring (bicyclic) bond motifs is 1. The molecule has 8 nitrogen and oxygen atoms in total. The fourth-order valence-electron chi connectivity index (χ4n) is 4.27. The summed E-state index contributed by atoms with van der Waals surface area (Å²) in [6, 6.07) is 12.7. The summed E-state index contributed by atoms with van der Waals surface area (Å²) in [6.07, 6.45) is 8.33. The van der Waals surface area contributed by atoms with E-state index in [-0.39, 0.29) is 12.6 Å². The molecule has 0 bridgehead atoms. The first kappa shape index (κ1) is 26.4.